The van der Waals surface area contributed by atoms with Gasteiger partial charge in [-0.1, -0.05) is 37.3 Å². The van der Waals surface area contributed by atoms with Gasteiger partial charge in [-0.3, -0.25) is 4.79 Å². The Morgan fingerprint density at radius 2 is 2.12 bits per heavy atom. The van der Waals surface area contributed by atoms with E-state index >= 15 is 0 Å². The molecule has 1 amide bonds. The van der Waals surface area contributed by atoms with Crippen LogP contribution in [0.25, 0.3) is 11.1 Å². The van der Waals surface area contributed by atoms with Crippen molar-refractivity contribution in [1.82, 2.24) is 5.32 Å². The van der Waals surface area contributed by atoms with Crippen molar-refractivity contribution in [3.05, 3.63) is 53.6 Å². The zero-order valence-corrected chi connectivity index (χ0v) is 15.2. The van der Waals surface area contributed by atoms with Crippen molar-refractivity contribution in [2.75, 3.05) is 18.4 Å². The highest BCUT2D eigenvalue weighted by Crippen LogP contribution is 2.29. The van der Waals surface area contributed by atoms with Gasteiger partial charge in [0.15, 0.2) is 0 Å². The van der Waals surface area contributed by atoms with E-state index in [4.69, 9.17) is 5.26 Å². The number of anilines is 1. The second-order valence-electron chi connectivity index (χ2n) is 7.03. The highest BCUT2D eigenvalue weighted by molar-refractivity contribution is 5.76. The van der Waals surface area contributed by atoms with Crippen molar-refractivity contribution in [2.45, 2.75) is 32.6 Å². The number of amides is 1. The average Bonchev–Trinajstić information content (AvgIpc) is 3.12. The highest BCUT2D eigenvalue weighted by atomic mass is 16.1. The van der Waals surface area contributed by atoms with Crippen molar-refractivity contribution >= 4 is 11.6 Å². The van der Waals surface area contributed by atoms with E-state index in [9.17, 15) is 4.79 Å². The normalized spacial score (nSPS) is 13.4. The zero-order valence-electron chi connectivity index (χ0n) is 15.2. The summed E-state index contributed by atoms with van der Waals surface area (Å²) in [7, 11) is 0. The minimum absolute atomic E-state index is 0.0427. The molecule has 1 unspecified atom stereocenters. The van der Waals surface area contributed by atoms with Crippen molar-refractivity contribution in [3.63, 3.8) is 0 Å². The number of hydrogen-bond acceptors (Lipinski definition) is 3. The summed E-state index contributed by atoms with van der Waals surface area (Å²) in [4.78, 5) is 11.6. The van der Waals surface area contributed by atoms with Crippen LogP contribution in [0.15, 0.2) is 42.5 Å². The minimum atomic E-state index is -0.0427. The van der Waals surface area contributed by atoms with E-state index in [-0.39, 0.29) is 12.5 Å². The summed E-state index contributed by atoms with van der Waals surface area (Å²) >= 11 is 0. The summed E-state index contributed by atoms with van der Waals surface area (Å²) in [5.74, 6) is 0.376. The molecule has 2 aromatic rings. The van der Waals surface area contributed by atoms with Gasteiger partial charge in [0.2, 0.25) is 5.91 Å². The van der Waals surface area contributed by atoms with E-state index < -0.39 is 0 Å². The summed E-state index contributed by atoms with van der Waals surface area (Å²) in [6, 6.07) is 17.3. The summed E-state index contributed by atoms with van der Waals surface area (Å²) in [6.45, 7) is 3.29. The van der Waals surface area contributed by atoms with Gasteiger partial charge in [0, 0.05) is 18.7 Å². The van der Waals surface area contributed by atoms with E-state index in [0.717, 1.165) is 25.8 Å². The van der Waals surface area contributed by atoms with Crippen molar-refractivity contribution in [2.24, 2.45) is 5.92 Å². The molecule has 1 heterocycles. The van der Waals surface area contributed by atoms with Crippen molar-refractivity contribution in [3.8, 4) is 17.2 Å². The van der Waals surface area contributed by atoms with Crippen LogP contribution in [0.2, 0.25) is 0 Å². The number of benzene rings is 2. The van der Waals surface area contributed by atoms with Crippen LogP contribution in [0.1, 0.15) is 30.9 Å². The first-order valence-electron chi connectivity index (χ1n) is 9.25. The van der Waals surface area contributed by atoms with Crippen LogP contribution in [0.4, 0.5) is 5.69 Å². The molecule has 1 atom stereocenters. The lowest BCUT2D eigenvalue weighted by molar-refractivity contribution is -0.121. The van der Waals surface area contributed by atoms with Crippen LogP contribution >= 0.6 is 0 Å². The molecule has 0 aromatic heterocycles. The number of nitriles is 1. The van der Waals surface area contributed by atoms with E-state index in [2.05, 4.69) is 60.0 Å². The van der Waals surface area contributed by atoms with Crippen LogP contribution < -0.4 is 10.6 Å². The molecule has 0 bridgehead atoms. The van der Waals surface area contributed by atoms with E-state index in [1.54, 1.807) is 0 Å². The molecule has 0 fully saturated rings. The van der Waals surface area contributed by atoms with E-state index in [1.807, 2.05) is 6.07 Å². The summed E-state index contributed by atoms with van der Waals surface area (Å²) < 4.78 is 0. The van der Waals surface area contributed by atoms with Crippen LogP contribution in [-0.4, -0.2) is 19.0 Å². The molecular weight excluding hydrogens is 322 g/mol. The van der Waals surface area contributed by atoms with Crippen molar-refractivity contribution in [1.29, 1.82) is 5.26 Å². The van der Waals surface area contributed by atoms with Gasteiger partial charge >= 0.3 is 0 Å². The smallest absolute Gasteiger partial charge is 0.220 e. The Hall–Kier alpha value is -2.80. The molecule has 0 saturated heterocycles. The molecule has 1 aliphatic heterocycles. The topological polar surface area (TPSA) is 64.9 Å². The molecule has 2 aromatic carbocycles. The SMILES string of the molecule is CC(CCC(=O)NCC#N)Cc1cccc(-c2ccc3c(c2)CCN3)c1. The molecule has 4 nitrogen and oxygen atoms in total. The fourth-order valence-corrected chi connectivity index (χ4v) is 3.47. The first-order valence-corrected chi connectivity index (χ1v) is 9.25. The average molecular weight is 347 g/mol. The zero-order chi connectivity index (χ0) is 18.4. The molecule has 4 heteroatoms. The fraction of sp³-hybridized carbons (Fsp3) is 0.364. The minimum Gasteiger partial charge on any atom is -0.384 e. The predicted molar refractivity (Wildman–Crippen MR) is 105 cm³/mol. The van der Waals surface area contributed by atoms with Gasteiger partial charge in [0.05, 0.1) is 6.07 Å². The third kappa shape index (κ3) is 4.64. The fourth-order valence-electron chi connectivity index (χ4n) is 3.47. The molecule has 0 spiro atoms. The summed E-state index contributed by atoms with van der Waals surface area (Å²) in [5, 5.41) is 14.5. The number of hydrogen-bond donors (Lipinski definition) is 2. The maximum absolute atomic E-state index is 11.6. The Kier molecular flexibility index (Phi) is 5.91. The van der Waals surface area contributed by atoms with Crippen LogP contribution in [-0.2, 0) is 17.6 Å². The molecule has 0 radical (unpaired) electrons. The summed E-state index contributed by atoms with van der Waals surface area (Å²) in [6.07, 6.45) is 3.34. The largest absolute Gasteiger partial charge is 0.384 e. The Morgan fingerprint density at radius 3 is 2.96 bits per heavy atom. The van der Waals surface area contributed by atoms with Gasteiger partial charge in [-0.2, -0.15) is 5.26 Å². The van der Waals surface area contributed by atoms with Gasteiger partial charge < -0.3 is 10.6 Å². The lowest BCUT2D eigenvalue weighted by Gasteiger charge is -2.13. The Labute approximate surface area is 155 Å². The molecule has 2 N–H and O–H groups in total. The van der Waals surface area contributed by atoms with Gasteiger partial charge in [0.25, 0.3) is 0 Å². The maximum atomic E-state index is 11.6. The number of nitrogens with one attached hydrogen (secondary N) is 2. The van der Waals surface area contributed by atoms with Gasteiger partial charge in [-0.05, 0) is 59.6 Å². The van der Waals surface area contributed by atoms with E-state index in [0.29, 0.717) is 12.3 Å². The monoisotopic (exact) mass is 347 g/mol. The second-order valence-corrected chi connectivity index (χ2v) is 7.03. The molecule has 1 aliphatic rings. The quantitative estimate of drug-likeness (QED) is 0.746. The van der Waals surface area contributed by atoms with Gasteiger partial charge in [-0.25, -0.2) is 0 Å². The molecular formula is C22H25N3O. The third-order valence-electron chi connectivity index (χ3n) is 4.89. The number of carbonyl (C=O) groups excluding carboxylic acids is 1. The standard InChI is InChI=1S/C22H25N3O/c1-16(5-8-22(26)25-12-10-23)13-17-3-2-4-18(14-17)19-6-7-21-20(15-19)9-11-24-21/h2-4,6-7,14-16,24H,5,8-9,11-13H2,1H3,(H,25,26). The number of nitrogens with zero attached hydrogens (tertiary/aromatic N) is 1. The van der Waals surface area contributed by atoms with Gasteiger partial charge in [-0.15, -0.1) is 0 Å². The Morgan fingerprint density at radius 1 is 1.27 bits per heavy atom. The Bertz CT molecular complexity index is 822. The number of fused-ring (bicyclic) bond motifs is 1. The summed E-state index contributed by atoms with van der Waals surface area (Å²) in [5.41, 5.74) is 6.46. The van der Waals surface area contributed by atoms with Gasteiger partial charge in [0.1, 0.15) is 6.54 Å². The van der Waals surface area contributed by atoms with Crippen LogP contribution in [0.3, 0.4) is 0 Å². The first-order chi connectivity index (χ1) is 12.7. The molecule has 0 aliphatic carbocycles. The first kappa shape index (κ1) is 18.0. The van der Waals surface area contributed by atoms with Crippen LogP contribution in [0, 0.1) is 17.2 Å². The third-order valence-corrected chi connectivity index (χ3v) is 4.89. The Balaban J connectivity index is 1.61. The lowest BCUT2D eigenvalue weighted by atomic mass is 9.93. The van der Waals surface area contributed by atoms with Crippen LogP contribution in [0.5, 0.6) is 0 Å². The number of rotatable bonds is 7. The number of carbonyl (C=O) groups is 1. The maximum Gasteiger partial charge on any atom is 0.220 e. The molecule has 0 saturated carbocycles. The second kappa shape index (κ2) is 8.53. The predicted octanol–water partition coefficient (Wildman–Crippen LogP) is 3.92. The molecule has 3 rings (SSSR count). The van der Waals surface area contributed by atoms with Crippen molar-refractivity contribution < 1.29 is 4.79 Å². The lowest BCUT2D eigenvalue weighted by Crippen LogP contribution is -2.23. The molecule has 26 heavy (non-hydrogen) atoms. The molecule has 134 valence electrons. The van der Waals surface area contributed by atoms with E-state index in [1.165, 1.54) is 27.9 Å². The highest BCUT2D eigenvalue weighted by Gasteiger charge is 2.12.